The number of hydrogen-bond donors (Lipinski definition) is 1. The topological polar surface area (TPSA) is 29.1 Å². The summed E-state index contributed by atoms with van der Waals surface area (Å²) in [5.41, 5.74) is 0. The molecule has 2 nitrogen and oxygen atoms in total. The van der Waals surface area contributed by atoms with E-state index in [9.17, 15) is 4.79 Å². The van der Waals surface area contributed by atoms with Crippen molar-refractivity contribution in [1.29, 1.82) is 0 Å². The molecule has 1 N–H and O–H groups in total. The van der Waals surface area contributed by atoms with Gasteiger partial charge < -0.3 is 5.32 Å². The molecule has 46 valence electrons. The molecule has 2 atom stereocenters. The van der Waals surface area contributed by atoms with E-state index in [-0.39, 0.29) is 5.91 Å². The van der Waals surface area contributed by atoms with E-state index in [2.05, 4.69) is 12.2 Å². The molecular formula is C6H11NO. The van der Waals surface area contributed by atoms with Crippen LogP contribution in [0.3, 0.4) is 0 Å². The lowest BCUT2D eigenvalue weighted by atomic mass is 10.5. The zero-order valence-corrected chi connectivity index (χ0v) is 5.27. The van der Waals surface area contributed by atoms with Crippen LogP contribution in [0, 0.1) is 5.92 Å². The maximum atomic E-state index is 10.3. The van der Waals surface area contributed by atoms with Crippen molar-refractivity contribution in [2.45, 2.75) is 26.3 Å². The molecule has 1 aliphatic rings. The summed E-state index contributed by atoms with van der Waals surface area (Å²) in [6.45, 7) is 3.70. The van der Waals surface area contributed by atoms with Crippen molar-refractivity contribution in [3.05, 3.63) is 0 Å². The first-order chi connectivity index (χ1) is 3.70. The second-order valence-corrected chi connectivity index (χ2v) is 2.52. The first kappa shape index (κ1) is 5.60. The summed E-state index contributed by atoms with van der Waals surface area (Å²) in [5.74, 6) is 0.818. The third-order valence-corrected chi connectivity index (χ3v) is 1.50. The molecule has 0 radical (unpaired) electrons. The maximum absolute atomic E-state index is 10.3. The number of amides is 1. The highest BCUT2D eigenvalue weighted by Crippen LogP contribution is 2.28. The average molecular weight is 113 g/mol. The van der Waals surface area contributed by atoms with E-state index < -0.39 is 0 Å². The first-order valence-electron chi connectivity index (χ1n) is 2.97. The van der Waals surface area contributed by atoms with Crippen molar-refractivity contribution in [2.24, 2.45) is 5.92 Å². The summed E-state index contributed by atoms with van der Waals surface area (Å²) in [5, 5.41) is 2.83. The molecule has 1 fully saturated rings. The van der Waals surface area contributed by atoms with Gasteiger partial charge in [-0.05, 0) is 12.3 Å². The SMILES string of the molecule is CC(=O)N[C@H]1C[C@@H]1C. The Labute approximate surface area is 49.3 Å². The smallest absolute Gasteiger partial charge is 0.217 e. The van der Waals surface area contributed by atoms with Crippen LogP contribution >= 0.6 is 0 Å². The van der Waals surface area contributed by atoms with Gasteiger partial charge >= 0.3 is 0 Å². The van der Waals surface area contributed by atoms with E-state index in [1.807, 2.05) is 0 Å². The van der Waals surface area contributed by atoms with Gasteiger partial charge in [0, 0.05) is 13.0 Å². The molecule has 1 saturated carbocycles. The molecule has 1 rings (SSSR count). The van der Waals surface area contributed by atoms with E-state index in [0.717, 1.165) is 5.92 Å². The summed E-state index contributed by atoms with van der Waals surface area (Å²) in [7, 11) is 0. The Morgan fingerprint density at radius 1 is 1.75 bits per heavy atom. The summed E-state index contributed by atoms with van der Waals surface area (Å²) in [6.07, 6.45) is 1.17. The zero-order chi connectivity index (χ0) is 6.15. The fraction of sp³-hybridized carbons (Fsp3) is 0.833. The predicted octanol–water partition coefficient (Wildman–Crippen LogP) is 0.531. The number of carbonyl (C=O) groups is 1. The quantitative estimate of drug-likeness (QED) is 0.528. The van der Waals surface area contributed by atoms with Crippen LogP contribution in [0.4, 0.5) is 0 Å². The van der Waals surface area contributed by atoms with Crippen molar-refractivity contribution in [1.82, 2.24) is 5.32 Å². The Morgan fingerprint density at radius 2 is 2.25 bits per heavy atom. The van der Waals surface area contributed by atoms with Crippen LogP contribution in [0.25, 0.3) is 0 Å². The van der Waals surface area contributed by atoms with Crippen molar-refractivity contribution < 1.29 is 4.79 Å². The van der Waals surface area contributed by atoms with Crippen LogP contribution in [-0.4, -0.2) is 11.9 Å². The van der Waals surface area contributed by atoms with Crippen LogP contribution in [-0.2, 0) is 4.79 Å². The molecule has 0 saturated heterocycles. The van der Waals surface area contributed by atoms with Gasteiger partial charge in [-0.2, -0.15) is 0 Å². The van der Waals surface area contributed by atoms with E-state index in [1.54, 1.807) is 6.92 Å². The predicted molar refractivity (Wildman–Crippen MR) is 31.4 cm³/mol. The molecule has 8 heavy (non-hydrogen) atoms. The fourth-order valence-corrected chi connectivity index (χ4v) is 0.784. The van der Waals surface area contributed by atoms with Gasteiger partial charge in [-0.3, -0.25) is 4.79 Å². The maximum Gasteiger partial charge on any atom is 0.217 e. The highest BCUT2D eigenvalue weighted by atomic mass is 16.1. The van der Waals surface area contributed by atoms with Gasteiger partial charge in [0.1, 0.15) is 0 Å². The van der Waals surface area contributed by atoms with Crippen LogP contribution in [0.2, 0.25) is 0 Å². The molecule has 0 bridgehead atoms. The average Bonchev–Trinajstić information content (AvgIpc) is 2.17. The highest BCUT2D eigenvalue weighted by Gasteiger charge is 2.32. The van der Waals surface area contributed by atoms with Crippen LogP contribution < -0.4 is 5.32 Å². The zero-order valence-electron chi connectivity index (χ0n) is 5.27. The third kappa shape index (κ3) is 1.22. The normalized spacial score (nSPS) is 34.2. The molecule has 0 aromatic heterocycles. The van der Waals surface area contributed by atoms with Gasteiger partial charge in [0.2, 0.25) is 5.91 Å². The molecule has 0 aromatic rings. The number of nitrogens with one attached hydrogen (secondary N) is 1. The Bertz CT molecular complexity index is 111. The molecule has 2 heteroatoms. The van der Waals surface area contributed by atoms with Crippen LogP contribution in [0.1, 0.15) is 20.3 Å². The second-order valence-electron chi connectivity index (χ2n) is 2.52. The van der Waals surface area contributed by atoms with E-state index >= 15 is 0 Å². The van der Waals surface area contributed by atoms with Crippen LogP contribution in [0.5, 0.6) is 0 Å². The number of hydrogen-bond acceptors (Lipinski definition) is 1. The standard InChI is InChI=1S/C6H11NO/c1-4-3-6(4)7-5(2)8/h4,6H,3H2,1-2H3,(H,7,8)/t4-,6-/m0/s1. The largest absolute Gasteiger partial charge is 0.353 e. The van der Waals surface area contributed by atoms with E-state index in [0.29, 0.717) is 6.04 Å². The molecule has 0 spiro atoms. The lowest BCUT2D eigenvalue weighted by Gasteiger charge is -1.94. The minimum Gasteiger partial charge on any atom is -0.353 e. The fourth-order valence-electron chi connectivity index (χ4n) is 0.784. The Balaban J connectivity index is 2.14. The van der Waals surface area contributed by atoms with E-state index in [4.69, 9.17) is 0 Å². The van der Waals surface area contributed by atoms with Gasteiger partial charge in [0.05, 0.1) is 0 Å². The molecule has 0 unspecified atom stereocenters. The monoisotopic (exact) mass is 113 g/mol. The second kappa shape index (κ2) is 1.77. The molecule has 0 aliphatic heterocycles. The molecular weight excluding hydrogens is 102 g/mol. The van der Waals surface area contributed by atoms with Crippen molar-refractivity contribution in [3.63, 3.8) is 0 Å². The Kier molecular flexibility index (Phi) is 1.24. The molecule has 1 aliphatic carbocycles. The molecule has 0 heterocycles. The lowest BCUT2D eigenvalue weighted by Crippen LogP contribution is -2.22. The Morgan fingerprint density at radius 3 is 2.38 bits per heavy atom. The highest BCUT2D eigenvalue weighted by molar-refractivity contribution is 5.73. The minimum atomic E-state index is 0.0966. The summed E-state index contributed by atoms with van der Waals surface area (Å²) in [6, 6.07) is 0.493. The van der Waals surface area contributed by atoms with Crippen molar-refractivity contribution in [3.8, 4) is 0 Å². The van der Waals surface area contributed by atoms with Crippen molar-refractivity contribution in [2.75, 3.05) is 0 Å². The number of carbonyl (C=O) groups excluding carboxylic acids is 1. The van der Waals surface area contributed by atoms with E-state index in [1.165, 1.54) is 6.42 Å². The van der Waals surface area contributed by atoms with Crippen molar-refractivity contribution >= 4 is 5.91 Å². The molecule has 0 aromatic carbocycles. The third-order valence-electron chi connectivity index (χ3n) is 1.50. The first-order valence-corrected chi connectivity index (χ1v) is 2.97. The van der Waals surface area contributed by atoms with Gasteiger partial charge in [-0.1, -0.05) is 6.92 Å². The summed E-state index contributed by atoms with van der Waals surface area (Å²) in [4.78, 5) is 10.3. The van der Waals surface area contributed by atoms with Gasteiger partial charge in [0.25, 0.3) is 0 Å². The van der Waals surface area contributed by atoms with Gasteiger partial charge in [0.15, 0.2) is 0 Å². The summed E-state index contributed by atoms with van der Waals surface area (Å²) < 4.78 is 0. The van der Waals surface area contributed by atoms with Gasteiger partial charge in [-0.25, -0.2) is 0 Å². The minimum absolute atomic E-state index is 0.0966. The summed E-state index contributed by atoms with van der Waals surface area (Å²) >= 11 is 0. The van der Waals surface area contributed by atoms with Crippen LogP contribution in [0.15, 0.2) is 0 Å². The number of rotatable bonds is 1. The molecule has 1 amide bonds. The van der Waals surface area contributed by atoms with Gasteiger partial charge in [-0.15, -0.1) is 0 Å². The lowest BCUT2D eigenvalue weighted by molar-refractivity contribution is -0.119. The Hall–Kier alpha value is -0.530.